The quantitative estimate of drug-likeness (QED) is 0.752. The van der Waals surface area contributed by atoms with Gasteiger partial charge in [-0.3, -0.25) is 9.59 Å². The topological polar surface area (TPSA) is 105 Å². The number of likely N-dealkylation sites (tertiary alicyclic amines) is 1. The van der Waals surface area contributed by atoms with Crippen LogP contribution in [0.5, 0.6) is 0 Å². The van der Waals surface area contributed by atoms with Crippen molar-refractivity contribution in [3.8, 4) is 0 Å². The molecule has 3 fully saturated rings. The largest absolute Gasteiger partial charge is 0.361 e. The Hall–Kier alpha value is -1.97. The molecule has 1 saturated heterocycles. The molecule has 10 heteroatoms. The first-order valence-electron chi connectivity index (χ1n) is 11.1. The number of tetrazole rings is 1. The van der Waals surface area contributed by atoms with Gasteiger partial charge in [-0.15, -0.1) is 5.10 Å². The second-order valence-electron chi connectivity index (χ2n) is 9.52. The Morgan fingerprint density at radius 2 is 2.10 bits per heavy atom. The standard InChI is InChI=1S/C20H29N7O2S/c1-20(18(29)23-19(30-20)22-16-9-14-2-3-15(16)8-14)10-13-4-6-26(7-5-13)17(28)11-27-12-21-24-25-27/h12-16H,2-11H2,1H3,(H,22,23,29)/t14-,15-,16-,20?/m0/s1. The highest BCUT2D eigenvalue weighted by Crippen LogP contribution is 2.46. The van der Waals surface area contributed by atoms with E-state index in [2.05, 4.69) is 25.8 Å². The predicted octanol–water partition coefficient (Wildman–Crippen LogP) is 1.47. The first kappa shape index (κ1) is 20.0. The van der Waals surface area contributed by atoms with E-state index in [1.54, 1.807) is 11.8 Å². The maximum absolute atomic E-state index is 12.7. The summed E-state index contributed by atoms with van der Waals surface area (Å²) in [6, 6.07) is 0.500. The van der Waals surface area contributed by atoms with Gasteiger partial charge in [0.25, 0.3) is 5.91 Å². The Labute approximate surface area is 180 Å². The molecule has 1 unspecified atom stereocenters. The molecule has 3 heterocycles. The van der Waals surface area contributed by atoms with Crippen LogP contribution in [0.3, 0.4) is 0 Å². The van der Waals surface area contributed by atoms with Gasteiger partial charge in [0.2, 0.25) is 5.91 Å². The zero-order chi connectivity index (χ0) is 20.7. The van der Waals surface area contributed by atoms with Gasteiger partial charge in [-0.2, -0.15) is 4.99 Å². The molecular formula is C20H29N7O2S. The summed E-state index contributed by atoms with van der Waals surface area (Å²) in [7, 11) is 0. The Morgan fingerprint density at radius 1 is 1.27 bits per heavy atom. The Kier molecular flexibility index (Phi) is 5.28. The number of nitrogens with one attached hydrogen (secondary N) is 1. The van der Waals surface area contributed by atoms with Crippen LogP contribution >= 0.6 is 11.8 Å². The third kappa shape index (κ3) is 3.98. The van der Waals surface area contributed by atoms with Crippen molar-refractivity contribution in [3.63, 3.8) is 0 Å². The van der Waals surface area contributed by atoms with Crippen LogP contribution in [-0.4, -0.2) is 66.0 Å². The van der Waals surface area contributed by atoms with Gasteiger partial charge >= 0.3 is 0 Å². The number of thioether (sulfide) groups is 1. The average molecular weight is 432 g/mol. The van der Waals surface area contributed by atoms with Gasteiger partial charge in [0.1, 0.15) is 17.6 Å². The Morgan fingerprint density at radius 3 is 2.77 bits per heavy atom. The summed E-state index contributed by atoms with van der Waals surface area (Å²) in [6.45, 7) is 3.65. The van der Waals surface area contributed by atoms with Crippen molar-refractivity contribution < 1.29 is 9.59 Å². The fourth-order valence-corrected chi connectivity index (χ4v) is 6.91. The number of hydrogen-bond donors (Lipinski definition) is 1. The third-order valence-electron chi connectivity index (χ3n) is 7.36. The van der Waals surface area contributed by atoms with Gasteiger partial charge in [0.05, 0.1) is 0 Å². The number of nitrogens with zero attached hydrogens (tertiary/aromatic N) is 6. The zero-order valence-electron chi connectivity index (χ0n) is 17.4. The van der Waals surface area contributed by atoms with Crippen LogP contribution < -0.4 is 5.32 Å². The first-order chi connectivity index (χ1) is 14.5. The lowest BCUT2D eigenvalue weighted by atomic mass is 9.87. The van der Waals surface area contributed by atoms with E-state index in [-0.39, 0.29) is 18.4 Å². The fraction of sp³-hybridized carbons (Fsp3) is 0.800. The van der Waals surface area contributed by atoms with Crippen molar-refractivity contribution >= 4 is 28.7 Å². The summed E-state index contributed by atoms with van der Waals surface area (Å²) in [5.74, 6) is 2.10. The highest BCUT2D eigenvalue weighted by molar-refractivity contribution is 8.16. The zero-order valence-corrected chi connectivity index (χ0v) is 18.2. The SMILES string of the molecule is CC1(CC2CCN(C(=O)Cn3cnnn3)CC2)SC(N[C@H]2C[C@H]3CC[C@H]2C3)=NC1=O. The second-order valence-corrected chi connectivity index (χ2v) is 11.0. The molecule has 2 amide bonds. The lowest BCUT2D eigenvalue weighted by Gasteiger charge is -2.35. The number of fused-ring (bicyclic) bond motifs is 2. The summed E-state index contributed by atoms with van der Waals surface area (Å²) >= 11 is 1.62. The van der Waals surface area contributed by atoms with Crippen molar-refractivity contribution in [1.82, 2.24) is 30.4 Å². The van der Waals surface area contributed by atoms with Crippen LogP contribution in [0.25, 0.3) is 0 Å². The lowest BCUT2D eigenvalue weighted by Crippen LogP contribution is -2.42. The van der Waals surface area contributed by atoms with Crippen molar-refractivity contribution in [1.29, 1.82) is 0 Å². The van der Waals surface area contributed by atoms with E-state index in [4.69, 9.17) is 0 Å². The normalized spacial score (nSPS) is 33.9. The summed E-state index contributed by atoms with van der Waals surface area (Å²) in [6.07, 6.45) is 9.36. The summed E-state index contributed by atoms with van der Waals surface area (Å²) in [5.41, 5.74) is 0. The number of carbonyl (C=O) groups is 2. The molecule has 2 bridgehead atoms. The smallest absolute Gasteiger partial charge is 0.264 e. The van der Waals surface area contributed by atoms with Gasteiger partial charge in [0.15, 0.2) is 5.17 Å². The maximum atomic E-state index is 12.7. The maximum Gasteiger partial charge on any atom is 0.264 e. The van der Waals surface area contributed by atoms with E-state index >= 15 is 0 Å². The highest BCUT2D eigenvalue weighted by Gasteiger charge is 2.46. The van der Waals surface area contributed by atoms with Gasteiger partial charge < -0.3 is 10.2 Å². The van der Waals surface area contributed by atoms with Gasteiger partial charge in [-0.1, -0.05) is 18.2 Å². The molecular weight excluding hydrogens is 402 g/mol. The molecule has 1 aromatic heterocycles. The molecule has 2 aliphatic carbocycles. The minimum atomic E-state index is -0.483. The Balaban J connectivity index is 1.10. The molecule has 0 aromatic carbocycles. The molecule has 5 rings (SSSR count). The average Bonchev–Trinajstić information content (AvgIpc) is 3.50. The third-order valence-corrected chi connectivity index (χ3v) is 8.55. The van der Waals surface area contributed by atoms with E-state index < -0.39 is 4.75 Å². The number of rotatable bonds is 5. The summed E-state index contributed by atoms with van der Waals surface area (Å²) in [5, 5.41) is 15.3. The van der Waals surface area contributed by atoms with Crippen LogP contribution in [0.4, 0.5) is 0 Å². The van der Waals surface area contributed by atoms with E-state index in [0.717, 1.165) is 49.4 Å². The van der Waals surface area contributed by atoms with Crippen molar-refractivity contribution in [2.75, 3.05) is 13.1 Å². The monoisotopic (exact) mass is 431 g/mol. The molecule has 0 spiro atoms. The number of amidine groups is 1. The number of aliphatic imine (C=N–C) groups is 1. The van der Waals surface area contributed by atoms with Gasteiger partial charge in [-0.25, -0.2) is 4.68 Å². The molecule has 2 aliphatic heterocycles. The number of piperidine rings is 1. The second kappa shape index (κ2) is 7.94. The van der Waals surface area contributed by atoms with E-state index in [0.29, 0.717) is 12.0 Å². The van der Waals surface area contributed by atoms with Crippen LogP contribution in [0, 0.1) is 17.8 Å². The molecule has 1 N–H and O–H groups in total. The van der Waals surface area contributed by atoms with Crippen LogP contribution in [0.2, 0.25) is 0 Å². The van der Waals surface area contributed by atoms with E-state index in [1.807, 2.05) is 11.8 Å². The van der Waals surface area contributed by atoms with Crippen molar-refractivity contribution in [2.45, 2.75) is 69.2 Å². The van der Waals surface area contributed by atoms with Crippen LogP contribution in [0.15, 0.2) is 11.3 Å². The fourth-order valence-electron chi connectivity index (χ4n) is 5.69. The van der Waals surface area contributed by atoms with E-state index in [1.165, 1.54) is 36.7 Å². The molecule has 1 aromatic rings. The number of carbonyl (C=O) groups excluding carboxylic acids is 2. The molecule has 30 heavy (non-hydrogen) atoms. The minimum Gasteiger partial charge on any atom is -0.361 e. The summed E-state index contributed by atoms with van der Waals surface area (Å²) in [4.78, 5) is 31.4. The highest BCUT2D eigenvalue weighted by atomic mass is 32.2. The minimum absolute atomic E-state index is 0.00431. The van der Waals surface area contributed by atoms with Gasteiger partial charge in [0, 0.05) is 19.1 Å². The van der Waals surface area contributed by atoms with Crippen molar-refractivity contribution in [3.05, 3.63) is 6.33 Å². The molecule has 4 aliphatic rings. The number of aromatic nitrogens is 4. The molecule has 0 radical (unpaired) electrons. The van der Waals surface area contributed by atoms with Crippen LogP contribution in [-0.2, 0) is 16.1 Å². The molecule has 9 nitrogen and oxygen atoms in total. The summed E-state index contributed by atoms with van der Waals surface area (Å²) < 4.78 is 0.967. The molecule has 2 saturated carbocycles. The lowest BCUT2D eigenvalue weighted by molar-refractivity contribution is -0.133. The van der Waals surface area contributed by atoms with Gasteiger partial charge in [-0.05, 0) is 73.6 Å². The Bertz CT molecular complexity index is 836. The van der Waals surface area contributed by atoms with Crippen molar-refractivity contribution in [2.24, 2.45) is 22.7 Å². The molecule has 162 valence electrons. The predicted molar refractivity (Wildman–Crippen MR) is 113 cm³/mol. The molecule has 4 atom stereocenters. The van der Waals surface area contributed by atoms with E-state index in [9.17, 15) is 9.59 Å². The number of amides is 2. The van der Waals surface area contributed by atoms with Crippen LogP contribution in [0.1, 0.15) is 51.9 Å². The number of hydrogen-bond acceptors (Lipinski definition) is 7. The first-order valence-corrected chi connectivity index (χ1v) is 11.9.